The second kappa shape index (κ2) is 6.14. The molecular formula is C4H6OS2. The lowest BCUT2D eigenvalue weighted by molar-refractivity contribution is 0.774. The van der Waals surface area contributed by atoms with Crippen LogP contribution in [0.25, 0.3) is 0 Å². The highest BCUT2D eigenvalue weighted by Crippen LogP contribution is 2.14. The predicted octanol–water partition coefficient (Wildman–Crippen LogP) is 2.59. The van der Waals surface area contributed by atoms with Crippen LogP contribution >= 0.6 is 24.1 Å². The van der Waals surface area contributed by atoms with Gasteiger partial charge in [-0.2, -0.15) is 0 Å². The fourth-order valence-electron chi connectivity index (χ4n) is 0.0782. The average molecular weight is 134 g/mol. The van der Waals surface area contributed by atoms with E-state index in [2.05, 4.69) is 13.2 Å². The number of rotatable bonds is 4. The summed E-state index contributed by atoms with van der Waals surface area (Å²) in [6.45, 7) is 6.85. The van der Waals surface area contributed by atoms with Gasteiger partial charge in [-0.25, -0.2) is 3.63 Å². The van der Waals surface area contributed by atoms with Gasteiger partial charge in [-0.1, -0.05) is 13.2 Å². The van der Waals surface area contributed by atoms with Crippen LogP contribution in [0.3, 0.4) is 0 Å². The standard InChI is InChI=1S/C4H6OS2/c1-3-6-5-7-4-2/h3-4H,1-2H2. The molecule has 0 spiro atoms. The minimum Gasteiger partial charge on any atom is -0.238 e. The van der Waals surface area contributed by atoms with E-state index in [4.69, 9.17) is 3.63 Å². The molecule has 0 aliphatic carbocycles. The molecule has 0 aromatic rings. The van der Waals surface area contributed by atoms with Crippen LogP contribution in [0.2, 0.25) is 0 Å². The molecular weight excluding hydrogens is 128 g/mol. The molecule has 0 unspecified atom stereocenters. The van der Waals surface area contributed by atoms with Gasteiger partial charge < -0.3 is 0 Å². The normalized spacial score (nSPS) is 8.00. The first-order valence-corrected chi connectivity index (χ1v) is 3.23. The summed E-state index contributed by atoms with van der Waals surface area (Å²) in [5.74, 6) is 0. The van der Waals surface area contributed by atoms with Crippen LogP contribution in [0, 0.1) is 0 Å². The predicted molar refractivity (Wildman–Crippen MR) is 36.7 cm³/mol. The van der Waals surface area contributed by atoms with Crippen molar-refractivity contribution < 1.29 is 3.63 Å². The van der Waals surface area contributed by atoms with E-state index in [1.807, 2.05) is 0 Å². The Hall–Kier alpha value is 0.140. The summed E-state index contributed by atoms with van der Waals surface area (Å²) >= 11 is 2.38. The SMILES string of the molecule is C=CSOSC=C. The van der Waals surface area contributed by atoms with Crippen LogP contribution in [0.5, 0.6) is 0 Å². The zero-order chi connectivity index (χ0) is 5.54. The summed E-state index contributed by atoms with van der Waals surface area (Å²) in [5, 5.41) is 3.22. The Morgan fingerprint density at radius 2 is 1.57 bits per heavy atom. The van der Waals surface area contributed by atoms with Crippen LogP contribution < -0.4 is 0 Å². The molecule has 0 N–H and O–H groups in total. The first kappa shape index (κ1) is 7.14. The second-order valence-electron chi connectivity index (χ2n) is 0.594. The summed E-state index contributed by atoms with van der Waals surface area (Å²) in [4.78, 5) is 0. The minimum atomic E-state index is 1.19. The van der Waals surface area contributed by atoms with E-state index in [-0.39, 0.29) is 0 Å². The van der Waals surface area contributed by atoms with Crippen molar-refractivity contribution >= 4 is 24.1 Å². The van der Waals surface area contributed by atoms with E-state index in [0.717, 1.165) is 0 Å². The topological polar surface area (TPSA) is 9.23 Å². The molecule has 7 heavy (non-hydrogen) atoms. The molecule has 0 aliphatic heterocycles. The largest absolute Gasteiger partial charge is 0.238 e. The number of hydrogen-bond acceptors (Lipinski definition) is 3. The lowest BCUT2D eigenvalue weighted by Gasteiger charge is -1.85. The van der Waals surface area contributed by atoms with Gasteiger partial charge in [0.25, 0.3) is 0 Å². The molecule has 0 bridgehead atoms. The van der Waals surface area contributed by atoms with Crippen molar-refractivity contribution in [2.75, 3.05) is 0 Å². The van der Waals surface area contributed by atoms with Gasteiger partial charge in [-0.15, -0.1) is 0 Å². The van der Waals surface area contributed by atoms with Gasteiger partial charge >= 0.3 is 0 Å². The molecule has 0 amide bonds. The summed E-state index contributed by atoms with van der Waals surface area (Å²) in [6.07, 6.45) is 0. The molecule has 0 atom stereocenters. The molecule has 0 aliphatic rings. The summed E-state index contributed by atoms with van der Waals surface area (Å²) < 4.78 is 4.73. The van der Waals surface area contributed by atoms with Crippen LogP contribution in [0.4, 0.5) is 0 Å². The van der Waals surface area contributed by atoms with Crippen molar-refractivity contribution in [3.8, 4) is 0 Å². The summed E-state index contributed by atoms with van der Waals surface area (Å²) in [5.41, 5.74) is 0. The fourth-order valence-corrected chi connectivity index (χ4v) is 0.704. The molecule has 0 aromatic carbocycles. The van der Waals surface area contributed by atoms with Gasteiger partial charge in [0.05, 0.1) is 0 Å². The van der Waals surface area contributed by atoms with Crippen LogP contribution in [0.15, 0.2) is 24.0 Å². The molecule has 1 nitrogen and oxygen atoms in total. The van der Waals surface area contributed by atoms with Crippen molar-refractivity contribution in [3.05, 3.63) is 24.0 Å². The first-order chi connectivity index (χ1) is 3.41. The maximum absolute atomic E-state index is 4.73. The molecule has 0 saturated heterocycles. The van der Waals surface area contributed by atoms with Gasteiger partial charge in [0.2, 0.25) is 0 Å². The zero-order valence-corrected chi connectivity index (χ0v) is 5.43. The molecule has 0 saturated carbocycles. The van der Waals surface area contributed by atoms with Gasteiger partial charge in [0.15, 0.2) is 0 Å². The Kier molecular flexibility index (Phi) is 6.26. The molecule has 3 heteroatoms. The van der Waals surface area contributed by atoms with Crippen molar-refractivity contribution in [1.29, 1.82) is 0 Å². The third-order valence-electron chi connectivity index (χ3n) is 0.215. The van der Waals surface area contributed by atoms with E-state index in [9.17, 15) is 0 Å². The van der Waals surface area contributed by atoms with Crippen molar-refractivity contribution in [2.24, 2.45) is 0 Å². The van der Waals surface area contributed by atoms with Gasteiger partial charge in [-0.3, -0.25) is 0 Å². The lowest BCUT2D eigenvalue weighted by Crippen LogP contribution is -1.49. The smallest absolute Gasteiger partial charge is 0.0361 e. The van der Waals surface area contributed by atoms with Crippen LogP contribution in [-0.4, -0.2) is 0 Å². The maximum Gasteiger partial charge on any atom is 0.0361 e. The van der Waals surface area contributed by atoms with E-state index in [1.54, 1.807) is 10.8 Å². The second-order valence-corrected chi connectivity index (χ2v) is 2.19. The van der Waals surface area contributed by atoms with E-state index >= 15 is 0 Å². The van der Waals surface area contributed by atoms with Crippen LogP contribution in [-0.2, 0) is 3.63 Å². The van der Waals surface area contributed by atoms with E-state index in [0.29, 0.717) is 0 Å². The highest BCUT2D eigenvalue weighted by Gasteiger charge is 1.74. The zero-order valence-electron chi connectivity index (χ0n) is 3.79. The Balaban J connectivity index is 2.68. The number of hydrogen-bond donors (Lipinski definition) is 0. The molecule has 0 heterocycles. The van der Waals surface area contributed by atoms with Crippen molar-refractivity contribution in [2.45, 2.75) is 0 Å². The fraction of sp³-hybridized carbons (Fsp3) is 0. The highest BCUT2D eigenvalue weighted by atomic mass is 32.2. The van der Waals surface area contributed by atoms with Gasteiger partial charge in [0, 0.05) is 24.1 Å². The minimum absolute atomic E-state index is 1.19. The van der Waals surface area contributed by atoms with E-state index < -0.39 is 0 Å². The average Bonchev–Trinajstić information content (AvgIpc) is 1.69. The molecule has 0 fully saturated rings. The monoisotopic (exact) mass is 134 g/mol. The maximum atomic E-state index is 4.73. The van der Waals surface area contributed by atoms with Crippen LogP contribution in [0.1, 0.15) is 0 Å². The summed E-state index contributed by atoms with van der Waals surface area (Å²) in [7, 11) is 0. The summed E-state index contributed by atoms with van der Waals surface area (Å²) in [6, 6.07) is 0. The van der Waals surface area contributed by atoms with E-state index in [1.165, 1.54) is 24.1 Å². The Labute approximate surface area is 52.2 Å². The lowest BCUT2D eigenvalue weighted by atomic mass is 11.3. The van der Waals surface area contributed by atoms with Crippen molar-refractivity contribution in [1.82, 2.24) is 0 Å². The Morgan fingerprint density at radius 3 is 1.86 bits per heavy atom. The molecule has 40 valence electrons. The van der Waals surface area contributed by atoms with Gasteiger partial charge in [-0.05, 0) is 10.8 Å². The Bertz CT molecular complexity index is 54.7. The van der Waals surface area contributed by atoms with Crippen molar-refractivity contribution in [3.63, 3.8) is 0 Å². The molecule has 0 rings (SSSR count). The molecule has 0 radical (unpaired) electrons. The third-order valence-corrected chi connectivity index (χ3v) is 1.12. The Morgan fingerprint density at radius 1 is 1.14 bits per heavy atom. The third kappa shape index (κ3) is 6.14. The molecule has 0 aromatic heterocycles. The first-order valence-electron chi connectivity index (χ1n) is 1.62. The quantitative estimate of drug-likeness (QED) is 0.432. The van der Waals surface area contributed by atoms with Gasteiger partial charge in [0.1, 0.15) is 0 Å². The highest BCUT2D eigenvalue weighted by molar-refractivity contribution is 8.10.